The highest BCUT2D eigenvalue weighted by atomic mass is 32.2. The lowest BCUT2D eigenvalue weighted by Crippen LogP contribution is -2.20. The van der Waals surface area contributed by atoms with E-state index >= 15 is 0 Å². The second-order valence-corrected chi connectivity index (χ2v) is 5.47. The van der Waals surface area contributed by atoms with Gasteiger partial charge in [0.05, 0.1) is 10.9 Å². The molecule has 5 heteroatoms. The van der Waals surface area contributed by atoms with Gasteiger partial charge in [0.1, 0.15) is 0 Å². The number of aliphatic hydroxyl groups is 1. The number of thioether (sulfide) groups is 1. The lowest BCUT2D eigenvalue weighted by atomic mass is 10.2. The van der Waals surface area contributed by atoms with Crippen molar-refractivity contribution in [1.82, 2.24) is 9.55 Å². The number of aromatic nitrogens is 2. The van der Waals surface area contributed by atoms with Crippen LogP contribution in [0.4, 0.5) is 0 Å². The Labute approximate surface area is 116 Å². The van der Waals surface area contributed by atoms with Crippen LogP contribution < -0.4 is 5.56 Å². The molecule has 2 rings (SSSR count). The van der Waals surface area contributed by atoms with Crippen molar-refractivity contribution >= 4 is 22.7 Å². The molecule has 0 bridgehead atoms. The van der Waals surface area contributed by atoms with E-state index in [1.165, 1.54) is 0 Å². The highest BCUT2D eigenvalue weighted by molar-refractivity contribution is 7.99. The molecule has 0 unspecified atom stereocenters. The summed E-state index contributed by atoms with van der Waals surface area (Å²) in [5, 5.41) is 10.1. The number of benzene rings is 1. The van der Waals surface area contributed by atoms with Gasteiger partial charge < -0.3 is 5.11 Å². The number of aliphatic hydroxyl groups excluding tert-OH is 1. The van der Waals surface area contributed by atoms with Crippen molar-refractivity contribution in [2.24, 2.45) is 7.05 Å². The monoisotopic (exact) mass is 278 g/mol. The van der Waals surface area contributed by atoms with Crippen molar-refractivity contribution in [3.05, 3.63) is 34.6 Å². The van der Waals surface area contributed by atoms with E-state index in [2.05, 4.69) is 4.98 Å². The summed E-state index contributed by atoms with van der Waals surface area (Å²) in [5.74, 6) is 0.915. The molecule has 4 nitrogen and oxygen atoms in total. The summed E-state index contributed by atoms with van der Waals surface area (Å²) in [4.78, 5) is 16.7. The molecule has 0 radical (unpaired) electrons. The molecule has 0 fully saturated rings. The fraction of sp³-hybridized carbons (Fsp3) is 0.429. The van der Waals surface area contributed by atoms with Crippen molar-refractivity contribution in [2.45, 2.75) is 24.4 Å². The third kappa shape index (κ3) is 3.36. The van der Waals surface area contributed by atoms with Gasteiger partial charge in [-0.05, 0) is 25.0 Å². The summed E-state index contributed by atoms with van der Waals surface area (Å²) >= 11 is 1.60. The highest BCUT2D eigenvalue weighted by Crippen LogP contribution is 2.18. The molecule has 0 aliphatic heterocycles. The first-order chi connectivity index (χ1) is 9.24. The second kappa shape index (κ2) is 6.73. The first kappa shape index (κ1) is 14.1. The van der Waals surface area contributed by atoms with Crippen LogP contribution in [0.1, 0.15) is 19.3 Å². The first-order valence-corrected chi connectivity index (χ1v) is 7.42. The summed E-state index contributed by atoms with van der Waals surface area (Å²) in [6.07, 6.45) is 2.86. The Balaban J connectivity index is 2.15. The van der Waals surface area contributed by atoms with Gasteiger partial charge in [-0.2, -0.15) is 0 Å². The molecular formula is C14H18N2O2S. The van der Waals surface area contributed by atoms with Crippen LogP contribution >= 0.6 is 11.8 Å². The van der Waals surface area contributed by atoms with E-state index in [1.54, 1.807) is 29.4 Å². The number of rotatable bonds is 6. The van der Waals surface area contributed by atoms with E-state index in [1.807, 2.05) is 18.2 Å². The molecule has 0 aliphatic rings. The van der Waals surface area contributed by atoms with Gasteiger partial charge >= 0.3 is 0 Å². The average molecular weight is 278 g/mol. The molecular weight excluding hydrogens is 260 g/mol. The maximum Gasteiger partial charge on any atom is 0.261 e. The van der Waals surface area contributed by atoms with E-state index in [0.29, 0.717) is 5.39 Å². The fourth-order valence-electron chi connectivity index (χ4n) is 1.88. The minimum Gasteiger partial charge on any atom is -0.396 e. The third-order valence-corrected chi connectivity index (χ3v) is 4.09. The van der Waals surface area contributed by atoms with Crippen molar-refractivity contribution in [2.75, 3.05) is 12.4 Å². The van der Waals surface area contributed by atoms with Gasteiger partial charge in [0, 0.05) is 19.4 Å². The molecule has 1 heterocycles. The summed E-state index contributed by atoms with van der Waals surface area (Å²) in [6.45, 7) is 0.247. The topological polar surface area (TPSA) is 55.1 Å². The first-order valence-electron chi connectivity index (χ1n) is 6.43. The lowest BCUT2D eigenvalue weighted by Gasteiger charge is -2.08. The predicted octanol–water partition coefficient (Wildman–Crippen LogP) is 2.19. The Morgan fingerprint density at radius 3 is 2.84 bits per heavy atom. The zero-order chi connectivity index (χ0) is 13.7. The van der Waals surface area contributed by atoms with Crippen LogP contribution in [-0.4, -0.2) is 27.0 Å². The van der Waals surface area contributed by atoms with Crippen LogP contribution in [0.5, 0.6) is 0 Å². The molecule has 0 aliphatic carbocycles. The molecule has 0 spiro atoms. The fourth-order valence-corrected chi connectivity index (χ4v) is 2.85. The van der Waals surface area contributed by atoms with Crippen molar-refractivity contribution in [3.8, 4) is 0 Å². The molecule has 1 aromatic carbocycles. The number of nitrogens with zero attached hydrogens (tertiary/aromatic N) is 2. The number of fused-ring (bicyclic) bond motifs is 1. The average Bonchev–Trinajstić information content (AvgIpc) is 2.44. The van der Waals surface area contributed by atoms with Crippen LogP contribution in [0.2, 0.25) is 0 Å². The van der Waals surface area contributed by atoms with Crippen LogP contribution in [0.15, 0.2) is 34.2 Å². The third-order valence-electron chi connectivity index (χ3n) is 2.98. The molecule has 102 valence electrons. The van der Waals surface area contributed by atoms with Crippen molar-refractivity contribution in [1.29, 1.82) is 0 Å². The smallest absolute Gasteiger partial charge is 0.261 e. The SMILES string of the molecule is Cn1c(SCCCCCO)nc2ccccc2c1=O. The van der Waals surface area contributed by atoms with Crippen LogP contribution in [0.3, 0.4) is 0 Å². The minimum atomic E-state index is 0.00320. The Kier molecular flexibility index (Phi) is 4.99. The standard InChI is InChI=1S/C14H18N2O2S/c1-16-13(18)11-7-3-4-8-12(11)15-14(16)19-10-6-2-5-9-17/h3-4,7-8,17H,2,5-6,9-10H2,1H3. The molecule has 1 N–H and O–H groups in total. The number of hydrogen-bond acceptors (Lipinski definition) is 4. The van der Waals surface area contributed by atoms with E-state index in [0.717, 1.165) is 35.7 Å². The number of hydrogen-bond donors (Lipinski definition) is 1. The minimum absolute atomic E-state index is 0.00320. The molecule has 1 aromatic heterocycles. The quantitative estimate of drug-likeness (QED) is 0.500. The maximum absolute atomic E-state index is 12.2. The van der Waals surface area contributed by atoms with Gasteiger partial charge in [0.2, 0.25) is 0 Å². The van der Waals surface area contributed by atoms with Crippen molar-refractivity contribution < 1.29 is 5.11 Å². The molecule has 0 saturated carbocycles. The zero-order valence-corrected chi connectivity index (χ0v) is 11.8. The van der Waals surface area contributed by atoms with Gasteiger partial charge in [-0.15, -0.1) is 0 Å². The normalized spacial score (nSPS) is 11.1. The number of unbranched alkanes of at least 4 members (excludes halogenated alkanes) is 2. The van der Waals surface area contributed by atoms with Crippen LogP contribution in [0, 0.1) is 0 Å². The Morgan fingerprint density at radius 2 is 2.05 bits per heavy atom. The lowest BCUT2D eigenvalue weighted by molar-refractivity contribution is 0.284. The summed E-state index contributed by atoms with van der Waals surface area (Å²) < 4.78 is 1.61. The van der Waals surface area contributed by atoms with E-state index in [-0.39, 0.29) is 12.2 Å². The Hall–Kier alpha value is -1.33. The molecule has 0 amide bonds. The van der Waals surface area contributed by atoms with Gasteiger partial charge in [-0.3, -0.25) is 9.36 Å². The largest absolute Gasteiger partial charge is 0.396 e. The van der Waals surface area contributed by atoms with Gasteiger partial charge in [-0.1, -0.05) is 30.3 Å². The van der Waals surface area contributed by atoms with Crippen LogP contribution in [0.25, 0.3) is 10.9 Å². The van der Waals surface area contributed by atoms with Gasteiger partial charge in [-0.25, -0.2) is 4.98 Å². The van der Waals surface area contributed by atoms with E-state index < -0.39 is 0 Å². The Bertz CT molecular complexity index is 610. The van der Waals surface area contributed by atoms with Gasteiger partial charge in [0.25, 0.3) is 5.56 Å². The zero-order valence-electron chi connectivity index (χ0n) is 11.0. The highest BCUT2D eigenvalue weighted by Gasteiger charge is 2.07. The van der Waals surface area contributed by atoms with E-state index in [9.17, 15) is 4.79 Å². The van der Waals surface area contributed by atoms with Crippen LogP contribution in [-0.2, 0) is 7.05 Å². The maximum atomic E-state index is 12.2. The molecule has 2 aromatic rings. The summed E-state index contributed by atoms with van der Waals surface area (Å²) in [7, 11) is 1.76. The molecule has 19 heavy (non-hydrogen) atoms. The molecule has 0 atom stereocenters. The van der Waals surface area contributed by atoms with Gasteiger partial charge in [0.15, 0.2) is 5.16 Å². The predicted molar refractivity (Wildman–Crippen MR) is 78.6 cm³/mol. The Morgan fingerprint density at radius 1 is 1.26 bits per heavy atom. The molecule has 0 saturated heterocycles. The van der Waals surface area contributed by atoms with E-state index in [4.69, 9.17) is 5.11 Å². The second-order valence-electron chi connectivity index (χ2n) is 4.41. The summed E-state index contributed by atoms with van der Waals surface area (Å²) in [5.41, 5.74) is 0.756. The summed E-state index contributed by atoms with van der Waals surface area (Å²) in [6, 6.07) is 7.42. The number of para-hydroxylation sites is 1. The van der Waals surface area contributed by atoms with Crippen molar-refractivity contribution in [3.63, 3.8) is 0 Å².